The molecule has 3 nitrogen and oxygen atoms in total. The van der Waals surface area contributed by atoms with Crippen LogP contribution in [0.2, 0.25) is 0 Å². The minimum Gasteiger partial charge on any atom is -0.358 e. The van der Waals surface area contributed by atoms with Gasteiger partial charge in [-0.3, -0.25) is 4.79 Å². The van der Waals surface area contributed by atoms with Crippen LogP contribution in [0.4, 0.5) is 0 Å². The summed E-state index contributed by atoms with van der Waals surface area (Å²) in [6, 6.07) is -0.0793. The van der Waals surface area contributed by atoms with E-state index in [1.54, 1.807) is 7.05 Å². The van der Waals surface area contributed by atoms with Crippen molar-refractivity contribution in [2.45, 2.75) is 39.7 Å². The first-order valence-corrected chi connectivity index (χ1v) is 5.06. The maximum Gasteiger partial charge on any atom is 0.236 e. The highest BCUT2D eigenvalue weighted by Crippen LogP contribution is 2.02. The van der Waals surface area contributed by atoms with E-state index in [-0.39, 0.29) is 11.9 Å². The second kappa shape index (κ2) is 6.89. The zero-order valence-electron chi connectivity index (χ0n) is 9.18. The number of hydrogen-bond acceptors (Lipinski definition) is 2. The number of nitrogens with one attached hydrogen (secondary N) is 2. The standard InChI is InChI=1S/C10H22N2O/c1-5-6-8(2)7-12-9(3)10(13)11-4/h8-9,12H,5-7H2,1-4H3,(H,11,13). The molecule has 0 saturated heterocycles. The first kappa shape index (κ1) is 12.4. The summed E-state index contributed by atoms with van der Waals surface area (Å²) in [6.07, 6.45) is 2.42. The Balaban J connectivity index is 3.56. The summed E-state index contributed by atoms with van der Waals surface area (Å²) in [5.74, 6) is 0.709. The minimum absolute atomic E-state index is 0.0590. The Morgan fingerprint density at radius 2 is 2.00 bits per heavy atom. The third kappa shape index (κ3) is 5.64. The molecular formula is C10H22N2O. The molecule has 0 heterocycles. The predicted octanol–water partition coefficient (Wildman–Crippen LogP) is 1.15. The van der Waals surface area contributed by atoms with Gasteiger partial charge >= 0.3 is 0 Å². The van der Waals surface area contributed by atoms with E-state index in [0.29, 0.717) is 5.92 Å². The Labute approximate surface area is 81.3 Å². The minimum atomic E-state index is -0.0793. The Bertz CT molecular complexity index is 148. The van der Waals surface area contributed by atoms with Crippen molar-refractivity contribution in [2.75, 3.05) is 13.6 Å². The molecule has 0 aliphatic rings. The van der Waals surface area contributed by atoms with E-state index in [1.807, 2.05) is 6.92 Å². The third-order valence-electron chi connectivity index (χ3n) is 2.19. The molecular weight excluding hydrogens is 164 g/mol. The maximum absolute atomic E-state index is 11.1. The van der Waals surface area contributed by atoms with Crippen LogP contribution in [0.3, 0.4) is 0 Å². The van der Waals surface area contributed by atoms with Gasteiger partial charge in [0.2, 0.25) is 5.91 Å². The lowest BCUT2D eigenvalue weighted by atomic mass is 10.1. The Kier molecular flexibility index (Phi) is 6.59. The highest BCUT2D eigenvalue weighted by Gasteiger charge is 2.10. The van der Waals surface area contributed by atoms with Crippen LogP contribution in [-0.2, 0) is 4.79 Å². The lowest BCUT2D eigenvalue weighted by Gasteiger charge is -2.15. The first-order chi connectivity index (χ1) is 6.11. The number of carbonyl (C=O) groups excluding carboxylic acids is 1. The van der Waals surface area contributed by atoms with Gasteiger partial charge in [-0.05, 0) is 25.8 Å². The van der Waals surface area contributed by atoms with Gasteiger partial charge < -0.3 is 10.6 Å². The molecule has 0 aliphatic carbocycles. The molecule has 0 aromatic rings. The molecule has 1 amide bonds. The topological polar surface area (TPSA) is 41.1 Å². The zero-order chi connectivity index (χ0) is 10.3. The molecule has 0 bridgehead atoms. The summed E-state index contributed by atoms with van der Waals surface area (Å²) >= 11 is 0. The third-order valence-corrected chi connectivity index (χ3v) is 2.19. The fraction of sp³-hybridized carbons (Fsp3) is 0.900. The molecule has 2 atom stereocenters. The van der Waals surface area contributed by atoms with Gasteiger partial charge in [0.05, 0.1) is 6.04 Å². The first-order valence-electron chi connectivity index (χ1n) is 5.06. The van der Waals surface area contributed by atoms with Crippen molar-refractivity contribution in [1.29, 1.82) is 0 Å². The Morgan fingerprint density at radius 1 is 1.38 bits per heavy atom. The second-order valence-electron chi connectivity index (χ2n) is 3.64. The predicted molar refractivity (Wildman–Crippen MR) is 55.6 cm³/mol. The van der Waals surface area contributed by atoms with Gasteiger partial charge in [0.1, 0.15) is 0 Å². The van der Waals surface area contributed by atoms with Gasteiger partial charge in [0.15, 0.2) is 0 Å². The van der Waals surface area contributed by atoms with Crippen LogP contribution in [0.1, 0.15) is 33.6 Å². The molecule has 78 valence electrons. The summed E-state index contributed by atoms with van der Waals surface area (Å²) in [4.78, 5) is 11.1. The smallest absolute Gasteiger partial charge is 0.236 e. The molecule has 2 unspecified atom stereocenters. The van der Waals surface area contributed by atoms with Gasteiger partial charge in [0.25, 0.3) is 0 Å². The summed E-state index contributed by atoms with van der Waals surface area (Å²) < 4.78 is 0. The fourth-order valence-electron chi connectivity index (χ4n) is 1.28. The average molecular weight is 186 g/mol. The molecule has 13 heavy (non-hydrogen) atoms. The van der Waals surface area contributed by atoms with Crippen molar-refractivity contribution in [3.8, 4) is 0 Å². The van der Waals surface area contributed by atoms with Gasteiger partial charge in [-0.1, -0.05) is 20.3 Å². The van der Waals surface area contributed by atoms with Gasteiger partial charge in [0, 0.05) is 7.05 Å². The molecule has 0 aromatic carbocycles. The summed E-state index contributed by atoms with van der Waals surface area (Å²) in [7, 11) is 1.66. The number of rotatable bonds is 6. The Morgan fingerprint density at radius 3 is 2.46 bits per heavy atom. The van der Waals surface area contributed by atoms with E-state index in [0.717, 1.165) is 6.54 Å². The van der Waals surface area contributed by atoms with Crippen molar-refractivity contribution in [3.63, 3.8) is 0 Å². The van der Waals surface area contributed by atoms with Crippen molar-refractivity contribution in [1.82, 2.24) is 10.6 Å². The molecule has 3 heteroatoms. The molecule has 0 fully saturated rings. The van der Waals surface area contributed by atoms with E-state index in [9.17, 15) is 4.79 Å². The van der Waals surface area contributed by atoms with Crippen molar-refractivity contribution in [3.05, 3.63) is 0 Å². The van der Waals surface area contributed by atoms with Crippen LogP contribution in [0.25, 0.3) is 0 Å². The lowest BCUT2D eigenvalue weighted by molar-refractivity contribution is -0.122. The average Bonchev–Trinajstić information content (AvgIpc) is 2.13. The number of amides is 1. The molecule has 0 aliphatic heterocycles. The largest absolute Gasteiger partial charge is 0.358 e. The summed E-state index contributed by atoms with van der Waals surface area (Å²) in [5.41, 5.74) is 0. The fourth-order valence-corrected chi connectivity index (χ4v) is 1.28. The van der Waals surface area contributed by atoms with Gasteiger partial charge in [-0.15, -0.1) is 0 Å². The summed E-state index contributed by atoms with van der Waals surface area (Å²) in [6.45, 7) is 7.19. The van der Waals surface area contributed by atoms with E-state index in [1.165, 1.54) is 12.8 Å². The SMILES string of the molecule is CCCC(C)CNC(C)C(=O)NC. The van der Waals surface area contributed by atoms with Crippen LogP contribution in [0, 0.1) is 5.92 Å². The molecule has 0 saturated carbocycles. The highest BCUT2D eigenvalue weighted by molar-refractivity contribution is 5.80. The number of carbonyl (C=O) groups is 1. The number of likely N-dealkylation sites (N-methyl/N-ethyl adjacent to an activating group) is 1. The van der Waals surface area contributed by atoms with E-state index < -0.39 is 0 Å². The van der Waals surface area contributed by atoms with E-state index >= 15 is 0 Å². The van der Waals surface area contributed by atoms with Gasteiger partial charge in [-0.2, -0.15) is 0 Å². The monoisotopic (exact) mass is 186 g/mol. The quantitative estimate of drug-likeness (QED) is 0.653. The van der Waals surface area contributed by atoms with E-state index in [2.05, 4.69) is 24.5 Å². The maximum atomic E-state index is 11.1. The second-order valence-corrected chi connectivity index (χ2v) is 3.64. The molecule has 0 rings (SSSR count). The van der Waals surface area contributed by atoms with Crippen LogP contribution in [-0.4, -0.2) is 25.5 Å². The van der Waals surface area contributed by atoms with Crippen LogP contribution >= 0.6 is 0 Å². The van der Waals surface area contributed by atoms with Crippen molar-refractivity contribution < 1.29 is 4.79 Å². The van der Waals surface area contributed by atoms with Gasteiger partial charge in [-0.25, -0.2) is 0 Å². The lowest BCUT2D eigenvalue weighted by Crippen LogP contribution is -2.42. The molecule has 0 radical (unpaired) electrons. The summed E-state index contributed by atoms with van der Waals surface area (Å²) in [5, 5.41) is 5.82. The van der Waals surface area contributed by atoms with Crippen LogP contribution in [0.5, 0.6) is 0 Å². The molecule has 0 aromatic heterocycles. The highest BCUT2D eigenvalue weighted by atomic mass is 16.2. The number of hydrogen-bond donors (Lipinski definition) is 2. The Hall–Kier alpha value is -0.570. The van der Waals surface area contributed by atoms with Crippen LogP contribution < -0.4 is 10.6 Å². The molecule has 0 spiro atoms. The van der Waals surface area contributed by atoms with E-state index in [4.69, 9.17) is 0 Å². The van der Waals surface area contributed by atoms with Crippen molar-refractivity contribution >= 4 is 5.91 Å². The zero-order valence-corrected chi connectivity index (χ0v) is 9.18. The normalized spacial score (nSPS) is 15.1. The van der Waals surface area contributed by atoms with Crippen molar-refractivity contribution in [2.24, 2.45) is 5.92 Å². The van der Waals surface area contributed by atoms with Crippen LogP contribution in [0.15, 0.2) is 0 Å². The molecule has 2 N–H and O–H groups in total.